The smallest absolute Gasteiger partial charge is 0.286 e. The maximum absolute atomic E-state index is 12.7. The Kier molecular flexibility index (Phi) is 3.85. The molecular formula is C14H13N2O6PS. The van der Waals surface area contributed by atoms with E-state index in [9.17, 15) is 14.2 Å². The maximum Gasteiger partial charge on any atom is 0.474 e. The average molecular weight is 368 g/mol. The number of fused-ring (bicyclic) bond motifs is 3. The molecule has 4 saturated heterocycles. The molecule has 0 aliphatic carbocycles. The lowest BCUT2D eigenvalue weighted by Crippen LogP contribution is -2.50. The summed E-state index contributed by atoms with van der Waals surface area (Å²) in [7, 11) is -3.49. The molecule has 4 fully saturated rings. The molecule has 4 aliphatic heterocycles. The zero-order chi connectivity index (χ0) is 16.8. The summed E-state index contributed by atoms with van der Waals surface area (Å²) in [6.07, 6.45) is 0. The topological polar surface area (TPSA) is 94.5 Å². The first-order valence-corrected chi connectivity index (χ1v) is 9.64. The van der Waals surface area contributed by atoms with Crippen molar-refractivity contribution in [2.75, 3.05) is 30.5 Å². The normalized spacial score (nSPS) is 34.1. The third-order valence-electron chi connectivity index (χ3n) is 3.93. The molecule has 0 unspecified atom stereocenters. The van der Waals surface area contributed by atoms with Crippen molar-refractivity contribution in [1.82, 2.24) is 0 Å². The molecule has 126 valence electrons. The zero-order valence-electron chi connectivity index (χ0n) is 12.4. The predicted octanol–water partition coefficient (Wildman–Crippen LogP) is 1.82. The van der Waals surface area contributed by atoms with Crippen LogP contribution >= 0.6 is 19.6 Å². The number of aliphatic imine (C=N–C) groups is 1. The van der Waals surface area contributed by atoms with Crippen molar-refractivity contribution >= 4 is 42.3 Å². The van der Waals surface area contributed by atoms with Crippen molar-refractivity contribution in [3.8, 4) is 0 Å². The van der Waals surface area contributed by atoms with E-state index in [0.29, 0.717) is 10.9 Å². The number of anilines is 1. The number of carbonyl (C=O) groups excluding carboxylic acids is 2. The molecule has 24 heavy (non-hydrogen) atoms. The average Bonchev–Trinajstić information content (AvgIpc) is 2.97. The van der Waals surface area contributed by atoms with Gasteiger partial charge in [-0.2, -0.15) is 4.99 Å². The lowest BCUT2D eigenvalue weighted by atomic mass is 9.90. The summed E-state index contributed by atoms with van der Waals surface area (Å²) in [4.78, 5) is 30.3. The zero-order valence-corrected chi connectivity index (χ0v) is 14.1. The van der Waals surface area contributed by atoms with Crippen molar-refractivity contribution in [3.05, 3.63) is 30.3 Å². The third-order valence-corrected chi connectivity index (χ3v) is 6.19. The van der Waals surface area contributed by atoms with Crippen molar-refractivity contribution in [3.63, 3.8) is 0 Å². The number of phosphoric ester groups is 1. The monoisotopic (exact) mass is 368 g/mol. The van der Waals surface area contributed by atoms with Crippen LogP contribution in [0.15, 0.2) is 35.3 Å². The second-order valence-corrected chi connectivity index (χ2v) is 8.21. The molecule has 0 atom stereocenters. The molecule has 2 bridgehead atoms. The van der Waals surface area contributed by atoms with Gasteiger partial charge in [0.2, 0.25) is 5.91 Å². The van der Waals surface area contributed by atoms with E-state index >= 15 is 0 Å². The molecule has 4 heterocycles. The Morgan fingerprint density at radius 2 is 1.79 bits per heavy atom. The molecule has 10 heteroatoms. The van der Waals surface area contributed by atoms with E-state index in [1.165, 1.54) is 16.7 Å². The standard InChI is InChI=1S/C14H13N2O6PS/c17-11-6-24-13(16(11)10-4-2-1-3-5-10)15-12(18)14-7-20-23(19,21-8-14)22-9-14/h1-5H,6-9H2. The van der Waals surface area contributed by atoms with Crippen LogP contribution in [0.2, 0.25) is 0 Å². The highest BCUT2D eigenvalue weighted by molar-refractivity contribution is 8.15. The Morgan fingerprint density at radius 3 is 2.42 bits per heavy atom. The highest BCUT2D eigenvalue weighted by atomic mass is 32.2. The molecule has 4 aliphatic rings. The number of phosphoric acid groups is 1. The largest absolute Gasteiger partial charge is 0.474 e. The Labute approximate surface area is 141 Å². The predicted molar refractivity (Wildman–Crippen MR) is 86.7 cm³/mol. The summed E-state index contributed by atoms with van der Waals surface area (Å²) in [6.45, 7) is -0.197. The molecule has 0 saturated carbocycles. The number of nitrogens with zero attached hydrogens (tertiary/aromatic N) is 2. The van der Waals surface area contributed by atoms with E-state index in [1.54, 1.807) is 24.3 Å². The number of carbonyl (C=O) groups is 2. The Bertz CT molecular complexity index is 751. The molecular weight excluding hydrogens is 355 g/mol. The lowest BCUT2D eigenvalue weighted by molar-refractivity contribution is -0.148. The summed E-state index contributed by atoms with van der Waals surface area (Å²) in [5.41, 5.74) is -0.467. The summed E-state index contributed by atoms with van der Waals surface area (Å²) in [6, 6.07) is 8.99. The van der Waals surface area contributed by atoms with Gasteiger partial charge in [0, 0.05) is 0 Å². The number of benzene rings is 1. The van der Waals surface area contributed by atoms with Crippen LogP contribution in [0, 0.1) is 5.41 Å². The van der Waals surface area contributed by atoms with Crippen LogP contribution in [0.3, 0.4) is 0 Å². The number of para-hydroxylation sites is 1. The van der Waals surface area contributed by atoms with Crippen LogP contribution < -0.4 is 4.90 Å². The molecule has 1 aromatic rings. The van der Waals surface area contributed by atoms with E-state index in [-0.39, 0.29) is 31.5 Å². The molecule has 0 radical (unpaired) electrons. The van der Waals surface area contributed by atoms with Gasteiger partial charge >= 0.3 is 7.82 Å². The van der Waals surface area contributed by atoms with E-state index in [4.69, 9.17) is 13.6 Å². The third kappa shape index (κ3) is 2.62. The SMILES string of the molecule is O=C1CSC(=NC(=O)C23COP(=O)(OC2)OC3)N1c1ccccc1. The lowest BCUT2D eigenvalue weighted by Gasteiger charge is -2.41. The van der Waals surface area contributed by atoms with Crippen LogP contribution in [0.1, 0.15) is 0 Å². The number of hydrogen-bond acceptors (Lipinski definition) is 7. The fourth-order valence-electron chi connectivity index (χ4n) is 2.51. The van der Waals surface area contributed by atoms with E-state index in [0.717, 1.165) is 0 Å². The first-order valence-electron chi connectivity index (χ1n) is 7.19. The number of amides is 2. The quantitative estimate of drug-likeness (QED) is 0.735. The van der Waals surface area contributed by atoms with Gasteiger partial charge in [0.1, 0.15) is 5.41 Å². The van der Waals surface area contributed by atoms with Crippen LogP contribution in [-0.2, 0) is 27.7 Å². The summed E-state index contributed by atoms with van der Waals surface area (Å²) in [5.74, 6) is -0.436. The van der Waals surface area contributed by atoms with Gasteiger partial charge in [-0.1, -0.05) is 30.0 Å². The number of rotatable bonds is 2. The van der Waals surface area contributed by atoms with E-state index in [2.05, 4.69) is 4.99 Å². The second kappa shape index (κ2) is 5.79. The molecule has 1 aromatic carbocycles. The first kappa shape index (κ1) is 16.0. The Balaban J connectivity index is 1.61. The van der Waals surface area contributed by atoms with Gasteiger partial charge < -0.3 is 0 Å². The minimum atomic E-state index is -3.49. The summed E-state index contributed by atoms with van der Waals surface area (Å²) >= 11 is 1.20. The van der Waals surface area contributed by atoms with Crippen molar-refractivity contribution in [2.24, 2.45) is 10.4 Å². The van der Waals surface area contributed by atoms with Gasteiger partial charge in [0.15, 0.2) is 5.17 Å². The molecule has 2 amide bonds. The van der Waals surface area contributed by atoms with Crippen LogP contribution in [-0.4, -0.2) is 42.6 Å². The van der Waals surface area contributed by atoms with E-state index in [1.807, 2.05) is 6.07 Å². The fourth-order valence-corrected chi connectivity index (χ4v) is 4.82. The van der Waals surface area contributed by atoms with Crippen molar-refractivity contribution in [2.45, 2.75) is 0 Å². The van der Waals surface area contributed by atoms with Crippen molar-refractivity contribution < 1.29 is 27.7 Å². The van der Waals surface area contributed by atoms with E-state index < -0.39 is 19.1 Å². The van der Waals surface area contributed by atoms with Crippen LogP contribution in [0.5, 0.6) is 0 Å². The molecule has 0 spiro atoms. The molecule has 0 aromatic heterocycles. The molecule has 5 rings (SSSR count). The Morgan fingerprint density at radius 1 is 1.17 bits per heavy atom. The first-order chi connectivity index (χ1) is 11.5. The summed E-state index contributed by atoms with van der Waals surface area (Å²) in [5, 5.41) is 0.310. The number of amidine groups is 1. The highest BCUT2D eigenvalue weighted by Crippen LogP contribution is 2.60. The van der Waals surface area contributed by atoms with Crippen molar-refractivity contribution in [1.29, 1.82) is 0 Å². The minimum absolute atomic E-state index is 0.0656. The van der Waals surface area contributed by atoms with Gasteiger partial charge in [-0.3, -0.25) is 28.1 Å². The van der Waals surface area contributed by atoms with Gasteiger partial charge in [-0.25, -0.2) is 4.57 Å². The van der Waals surface area contributed by atoms with Gasteiger partial charge in [0.05, 0.1) is 31.3 Å². The highest BCUT2D eigenvalue weighted by Gasteiger charge is 2.55. The van der Waals surface area contributed by atoms with Crippen LogP contribution in [0.4, 0.5) is 5.69 Å². The fraction of sp³-hybridized carbons (Fsp3) is 0.357. The van der Waals surface area contributed by atoms with Gasteiger partial charge in [0.25, 0.3) is 5.91 Å². The Hall–Kier alpha value is -1.51. The van der Waals surface area contributed by atoms with Gasteiger partial charge in [-0.05, 0) is 12.1 Å². The second-order valence-electron chi connectivity index (χ2n) is 5.60. The number of thioether (sulfide) groups is 1. The van der Waals surface area contributed by atoms with Gasteiger partial charge in [-0.15, -0.1) is 0 Å². The minimum Gasteiger partial charge on any atom is -0.286 e. The summed E-state index contributed by atoms with van der Waals surface area (Å²) < 4.78 is 26.8. The number of hydrogen-bond donors (Lipinski definition) is 0. The molecule has 8 nitrogen and oxygen atoms in total. The molecule has 0 N–H and O–H groups in total. The maximum atomic E-state index is 12.7. The van der Waals surface area contributed by atoms with Crippen LogP contribution in [0.25, 0.3) is 0 Å².